The van der Waals surface area contributed by atoms with E-state index in [-0.39, 0.29) is 0 Å². The van der Waals surface area contributed by atoms with Gasteiger partial charge in [0.25, 0.3) is 0 Å². The van der Waals surface area contributed by atoms with Gasteiger partial charge in [-0.25, -0.2) is 0 Å². The quantitative estimate of drug-likeness (QED) is 0.812. The normalized spacial score (nSPS) is 19.1. The van der Waals surface area contributed by atoms with Gasteiger partial charge in [0.15, 0.2) is 0 Å². The van der Waals surface area contributed by atoms with Crippen molar-refractivity contribution in [2.75, 3.05) is 31.6 Å². The van der Waals surface area contributed by atoms with Gasteiger partial charge in [0, 0.05) is 26.7 Å². The van der Waals surface area contributed by atoms with Gasteiger partial charge < -0.3 is 15.0 Å². The van der Waals surface area contributed by atoms with Gasteiger partial charge >= 0.3 is 0 Å². The molecule has 1 atom stereocenters. The molecule has 1 unspecified atom stereocenters. The predicted molar refractivity (Wildman–Crippen MR) is 81.1 cm³/mol. The van der Waals surface area contributed by atoms with Crippen LogP contribution in [0, 0.1) is 0 Å². The minimum absolute atomic E-state index is 0.335. The number of hydrogen-bond acceptors (Lipinski definition) is 3. The van der Waals surface area contributed by atoms with Crippen molar-refractivity contribution in [2.24, 2.45) is 0 Å². The van der Waals surface area contributed by atoms with E-state index in [0.29, 0.717) is 6.10 Å². The van der Waals surface area contributed by atoms with Crippen LogP contribution in [0.4, 0.5) is 5.69 Å². The van der Waals surface area contributed by atoms with Crippen LogP contribution in [-0.2, 0) is 11.3 Å². The van der Waals surface area contributed by atoms with E-state index < -0.39 is 0 Å². The van der Waals surface area contributed by atoms with Crippen LogP contribution in [0.1, 0.15) is 25.3 Å². The first kappa shape index (κ1) is 14.6. The number of benzene rings is 1. The third kappa shape index (κ3) is 3.85. The number of nitrogens with one attached hydrogen (secondary N) is 1. The van der Waals surface area contributed by atoms with E-state index in [1.165, 1.54) is 5.56 Å². The fourth-order valence-electron chi connectivity index (χ4n) is 2.47. The molecule has 0 saturated carbocycles. The minimum atomic E-state index is 0.335. The van der Waals surface area contributed by atoms with E-state index in [9.17, 15) is 0 Å². The molecule has 1 fully saturated rings. The Balaban J connectivity index is 1.99. The zero-order chi connectivity index (χ0) is 13.7. The van der Waals surface area contributed by atoms with E-state index in [0.717, 1.165) is 49.7 Å². The van der Waals surface area contributed by atoms with Gasteiger partial charge in [-0.05, 0) is 37.1 Å². The first-order valence-electron chi connectivity index (χ1n) is 7.01. The summed E-state index contributed by atoms with van der Waals surface area (Å²) in [5, 5.41) is 4.23. The third-order valence-electron chi connectivity index (χ3n) is 3.59. The fourth-order valence-corrected chi connectivity index (χ4v) is 2.79. The molecule has 4 heteroatoms. The van der Waals surface area contributed by atoms with E-state index in [2.05, 4.69) is 35.3 Å². The monoisotopic (exact) mass is 282 g/mol. The molecule has 0 aromatic heterocycles. The van der Waals surface area contributed by atoms with Crippen molar-refractivity contribution < 1.29 is 4.74 Å². The molecule has 19 heavy (non-hydrogen) atoms. The van der Waals surface area contributed by atoms with E-state index in [4.69, 9.17) is 16.3 Å². The Morgan fingerprint density at radius 3 is 2.95 bits per heavy atom. The molecule has 106 valence electrons. The molecule has 1 aliphatic heterocycles. The molecular formula is C15H23ClN2O. The maximum atomic E-state index is 6.40. The zero-order valence-electron chi connectivity index (χ0n) is 11.8. The Hall–Kier alpha value is -0.770. The van der Waals surface area contributed by atoms with Crippen LogP contribution < -0.4 is 10.2 Å². The lowest BCUT2D eigenvalue weighted by atomic mass is 10.2. The molecule has 1 N–H and O–H groups in total. The summed E-state index contributed by atoms with van der Waals surface area (Å²) in [5.41, 5.74) is 2.37. The second-order valence-corrected chi connectivity index (χ2v) is 5.46. The maximum absolute atomic E-state index is 6.40. The zero-order valence-corrected chi connectivity index (χ0v) is 12.5. The Morgan fingerprint density at radius 1 is 1.47 bits per heavy atom. The van der Waals surface area contributed by atoms with Crippen molar-refractivity contribution in [3.8, 4) is 0 Å². The van der Waals surface area contributed by atoms with Gasteiger partial charge in [0.1, 0.15) is 0 Å². The van der Waals surface area contributed by atoms with Crippen molar-refractivity contribution in [1.82, 2.24) is 5.32 Å². The lowest BCUT2D eigenvalue weighted by Crippen LogP contribution is -2.22. The molecule has 0 spiro atoms. The predicted octanol–water partition coefficient (Wildman–Crippen LogP) is 3.06. The Labute approximate surface area is 120 Å². The number of rotatable bonds is 6. The lowest BCUT2D eigenvalue weighted by molar-refractivity contribution is 0.121. The molecule has 1 aromatic carbocycles. The van der Waals surface area contributed by atoms with E-state index >= 15 is 0 Å². The second-order valence-electron chi connectivity index (χ2n) is 5.05. The summed E-state index contributed by atoms with van der Waals surface area (Å²) in [6, 6.07) is 6.35. The molecule has 0 bridgehead atoms. The number of nitrogens with zero attached hydrogens (tertiary/aromatic N) is 1. The van der Waals surface area contributed by atoms with E-state index in [1.54, 1.807) is 7.11 Å². The maximum Gasteiger partial charge on any atom is 0.0762 e. The van der Waals surface area contributed by atoms with Gasteiger partial charge in [-0.2, -0.15) is 0 Å². The van der Waals surface area contributed by atoms with Crippen LogP contribution in [0.15, 0.2) is 18.2 Å². The average molecular weight is 283 g/mol. The summed E-state index contributed by atoms with van der Waals surface area (Å²) in [7, 11) is 1.78. The standard InChI is InChI=1S/C15H23ClN2O/c1-3-7-17-10-12-4-5-15(14(16)9-12)18-8-6-13(11-18)19-2/h4-5,9,13,17H,3,6-8,10-11H2,1-2H3. The number of methoxy groups -OCH3 is 1. The molecule has 3 nitrogen and oxygen atoms in total. The van der Waals surface area contributed by atoms with Crippen LogP contribution in [-0.4, -0.2) is 32.8 Å². The second kappa shape index (κ2) is 7.13. The van der Waals surface area contributed by atoms with Gasteiger partial charge in [-0.3, -0.25) is 0 Å². The van der Waals surface area contributed by atoms with Gasteiger partial charge in [-0.1, -0.05) is 24.6 Å². The highest BCUT2D eigenvalue weighted by molar-refractivity contribution is 6.33. The SMILES string of the molecule is CCCNCc1ccc(N2CCC(OC)C2)c(Cl)c1. The van der Waals surface area contributed by atoms with E-state index in [1.807, 2.05) is 0 Å². The highest BCUT2D eigenvalue weighted by Crippen LogP contribution is 2.30. The average Bonchev–Trinajstić information content (AvgIpc) is 2.88. The first-order valence-corrected chi connectivity index (χ1v) is 7.39. The molecule has 2 rings (SSSR count). The highest BCUT2D eigenvalue weighted by atomic mass is 35.5. The summed E-state index contributed by atoms with van der Waals surface area (Å²) in [6.45, 7) is 6.05. The minimum Gasteiger partial charge on any atom is -0.380 e. The van der Waals surface area contributed by atoms with Gasteiger partial charge in [0.05, 0.1) is 16.8 Å². The summed E-state index contributed by atoms with van der Waals surface area (Å²) >= 11 is 6.40. The summed E-state index contributed by atoms with van der Waals surface area (Å²) < 4.78 is 5.40. The molecule has 0 aliphatic carbocycles. The molecule has 1 heterocycles. The molecule has 1 saturated heterocycles. The van der Waals surface area contributed by atoms with Crippen LogP contribution in [0.3, 0.4) is 0 Å². The molecule has 0 amide bonds. The molecule has 0 radical (unpaired) electrons. The van der Waals surface area contributed by atoms with Crippen molar-refractivity contribution >= 4 is 17.3 Å². The van der Waals surface area contributed by atoms with Crippen molar-refractivity contribution in [3.05, 3.63) is 28.8 Å². The lowest BCUT2D eigenvalue weighted by Gasteiger charge is -2.20. The first-order chi connectivity index (χ1) is 9.24. The van der Waals surface area contributed by atoms with Crippen LogP contribution in [0.5, 0.6) is 0 Å². The van der Waals surface area contributed by atoms with Gasteiger partial charge in [-0.15, -0.1) is 0 Å². The summed E-state index contributed by atoms with van der Waals surface area (Å²) in [4.78, 5) is 2.31. The number of ether oxygens (including phenoxy) is 1. The Bertz CT molecular complexity index is 411. The largest absolute Gasteiger partial charge is 0.380 e. The van der Waals surface area contributed by atoms with Crippen LogP contribution in [0.25, 0.3) is 0 Å². The van der Waals surface area contributed by atoms with Crippen LogP contribution in [0.2, 0.25) is 5.02 Å². The number of anilines is 1. The molecule has 1 aliphatic rings. The topological polar surface area (TPSA) is 24.5 Å². The fraction of sp³-hybridized carbons (Fsp3) is 0.600. The van der Waals surface area contributed by atoms with Gasteiger partial charge in [0.2, 0.25) is 0 Å². The van der Waals surface area contributed by atoms with Crippen LogP contribution >= 0.6 is 11.6 Å². The smallest absolute Gasteiger partial charge is 0.0762 e. The Morgan fingerprint density at radius 2 is 2.32 bits per heavy atom. The molecule has 1 aromatic rings. The number of hydrogen-bond donors (Lipinski definition) is 1. The highest BCUT2D eigenvalue weighted by Gasteiger charge is 2.23. The number of halogens is 1. The van der Waals surface area contributed by atoms with Crippen molar-refractivity contribution in [1.29, 1.82) is 0 Å². The summed E-state index contributed by atoms with van der Waals surface area (Å²) in [6.07, 6.45) is 2.56. The Kier molecular flexibility index (Phi) is 5.49. The van der Waals surface area contributed by atoms with Crippen molar-refractivity contribution in [3.63, 3.8) is 0 Å². The summed E-state index contributed by atoms with van der Waals surface area (Å²) in [5.74, 6) is 0. The third-order valence-corrected chi connectivity index (χ3v) is 3.89. The van der Waals surface area contributed by atoms with Crippen molar-refractivity contribution in [2.45, 2.75) is 32.4 Å². The molecular weight excluding hydrogens is 260 g/mol.